The van der Waals surface area contributed by atoms with E-state index in [2.05, 4.69) is 35.6 Å². The van der Waals surface area contributed by atoms with E-state index in [4.69, 9.17) is 4.42 Å². The summed E-state index contributed by atoms with van der Waals surface area (Å²) in [6.45, 7) is 8.15. The van der Waals surface area contributed by atoms with Crippen molar-refractivity contribution >= 4 is 10.1 Å². The van der Waals surface area contributed by atoms with E-state index in [1.807, 2.05) is 6.20 Å². The van der Waals surface area contributed by atoms with Crippen LogP contribution in [0.15, 0.2) is 27.8 Å². The average Bonchev–Trinajstić information content (AvgIpc) is 2.94. The fourth-order valence-corrected chi connectivity index (χ4v) is 3.11. The fraction of sp³-hybridized carbons (Fsp3) is 0.500. The van der Waals surface area contributed by atoms with Crippen LogP contribution in [0.3, 0.4) is 0 Å². The summed E-state index contributed by atoms with van der Waals surface area (Å²) >= 11 is 0. The van der Waals surface area contributed by atoms with E-state index in [0.29, 0.717) is 18.8 Å². The van der Waals surface area contributed by atoms with Gasteiger partial charge in [0, 0.05) is 42.4 Å². The van der Waals surface area contributed by atoms with Crippen molar-refractivity contribution < 1.29 is 17.4 Å². The maximum Gasteiger partial charge on any atom is 0.205 e. The molecule has 0 saturated heterocycles. The zero-order chi connectivity index (χ0) is 17.5. The summed E-state index contributed by atoms with van der Waals surface area (Å²) in [4.78, 5) is 11.3. The monoisotopic (exact) mass is 350 g/mol. The lowest BCUT2D eigenvalue weighted by molar-refractivity contribution is 0.216. The van der Waals surface area contributed by atoms with Crippen LogP contribution in [-0.2, 0) is 35.0 Å². The van der Waals surface area contributed by atoms with Crippen LogP contribution in [-0.4, -0.2) is 34.4 Å². The summed E-state index contributed by atoms with van der Waals surface area (Å²) in [5.74, 6) is 1.30. The summed E-state index contributed by atoms with van der Waals surface area (Å²) in [6.07, 6.45) is 2.67. The Morgan fingerprint density at radius 1 is 1.33 bits per heavy atom. The van der Waals surface area contributed by atoms with Crippen molar-refractivity contribution in [1.29, 1.82) is 0 Å². The first-order valence-corrected chi connectivity index (χ1v) is 9.16. The number of hydrogen-bond donors (Lipinski definition) is 0. The summed E-state index contributed by atoms with van der Waals surface area (Å²) in [5.41, 5.74) is 2.05. The number of nitrogens with zero attached hydrogens (tertiary/aromatic N) is 3. The first kappa shape index (κ1) is 17.1. The van der Waals surface area contributed by atoms with Crippen LogP contribution < -0.4 is 0 Å². The summed E-state index contributed by atoms with van der Waals surface area (Å²) in [6, 6.07) is 2.73. The minimum absolute atomic E-state index is 0.0828. The molecule has 2 aromatic rings. The zero-order valence-electron chi connectivity index (χ0n) is 13.9. The Morgan fingerprint density at radius 3 is 2.71 bits per heavy atom. The lowest BCUT2D eigenvalue weighted by Crippen LogP contribution is -2.31. The molecule has 0 unspecified atom stereocenters. The highest BCUT2D eigenvalue weighted by molar-refractivity contribution is 7.85. The van der Waals surface area contributed by atoms with Crippen LogP contribution >= 0.6 is 0 Å². The van der Waals surface area contributed by atoms with Crippen LogP contribution in [0, 0.1) is 0 Å². The Labute approximate surface area is 141 Å². The molecule has 0 aliphatic carbocycles. The van der Waals surface area contributed by atoms with Crippen molar-refractivity contribution in [3.05, 3.63) is 41.2 Å². The predicted molar refractivity (Wildman–Crippen MR) is 85.2 cm³/mol. The molecule has 1 aliphatic rings. The van der Waals surface area contributed by atoms with Gasteiger partial charge in [0.2, 0.25) is 5.09 Å². The molecule has 0 saturated carbocycles. The van der Waals surface area contributed by atoms with E-state index >= 15 is 0 Å². The number of fused-ring (bicyclic) bond motifs is 1. The molecule has 2 aromatic heterocycles. The number of rotatable bonds is 3. The van der Waals surface area contributed by atoms with E-state index < -0.39 is 15.2 Å². The van der Waals surface area contributed by atoms with Gasteiger partial charge < -0.3 is 8.97 Å². The third kappa shape index (κ3) is 3.66. The standard InChI is InChI=1S/C16H21N3O4S/c1-16(2,3)15-17-8-11-9-19(7-6-13(11)18-15)10-12-4-5-14(23-12)24(20,21)22/h4-5,8H,6-7,9-10H2,1-3H3,(H,20,21,22)/p-1. The number of aromatic nitrogens is 2. The molecule has 0 amide bonds. The lowest BCUT2D eigenvalue weighted by atomic mass is 9.95. The first-order valence-electron chi connectivity index (χ1n) is 7.75. The van der Waals surface area contributed by atoms with Gasteiger partial charge in [-0.25, -0.2) is 18.4 Å². The quantitative estimate of drug-likeness (QED) is 0.779. The van der Waals surface area contributed by atoms with Gasteiger partial charge in [0.1, 0.15) is 11.6 Å². The summed E-state index contributed by atoms with van der Waals surface area (Å²) in [7, 11) is -4.55. The molecule has 7 nitrogen and oxygen atoms in total. The normalized spacial score (nSPS) is 16.2. The van der Waals surface area contributed by atoms with Gasteiger partial charge in [-0.1, -0.05) is 20.8 Å². The van der Waals surface area contributed by atoms with Crippen molar-refractivity contribution in [2.45, 2.75) is 50.8 Å². The molecule has 0 atom stereocenters. The van der Waals surface area contributed by atoms with Gasteiger partial charge in [-0.05, 0) is 12.1 Å². The largest absolute Gasteiger partial charge is 0.742 e. The van der Waals surface area contributed by atoms with Crippen molar-refractivity contribution in [3.8, 4) is 0 Å². The molecule has 0 bridgehead atoms. The van der Waals surface area contributed by atoms with Gasteiger partial charge in [-0.2, -0.15) is 0 Å². The van der Waals surface area contributed by atoms with E-state index in [0.717, 1.165) is 30.0 Å². The third-order valence-electron chi connectivity index (χ3n) is 3.95. The van der Waals surface area contributed by atoms with Gasteiger partial charge in [0.25, 0.3) is 0 Å². The highest BCUT2D eigenvalue weighted by Crippen LogP contribution is 2.24. The van der Waals surface area contributed by atoms with Crippen LogP contribution in [0.2, 0.25) is 0 Å². The Morgan fingerprint density at radius 2 is 2.08 bits per heavy atom. The molecule has 0 aromatic carbocycles. The van der Waals surface area contributed by atoms with Crippen molar-refractivity contribution in [1.82, 2.24) is 14.9 Å². The maximum atomic E-state index is 10.9. The maximum absolute atomic E-state index is 10.9. The van der Waals surface area contributed by atoms with E-state index in [1.165, 1.54) is 12.1 Å². The van der Waals surface area contributed by atoms with Crippen LogP contribution in [0.4, 0.5) is 0 Å². The van der Waals surface area contributed by atoms with Crippen molar-refractivity contribution in [2.24, 2.45) is 0 Å². The average molecular weight is 350 g/mol. The van der Waals surface area contributed by atoms with Gasteiger partial charge in [-0.15, -0.1) is 0 Å². The molecule has 24 heavy (non-hydrogen) atoms. The Hall–Kier alpha value is -1.77. The van der Waals surface area contributed by atoms with Crippen LogP contribution in [0.5, 0.6) is 0 Å². The molecule has 3 rings (SSSR count). The second-order valence-corrected chi connectivity index (χ2v) is 8.36. The Balaban J connectivity index is 1.73. The van der Waals surface area contributed by atoms with E-state index in [1.54, 1.807) is 0 Å². The zero-order valence-corrected chi connectivity index (χ0v) is 14.8. The number of furan rings is 1. The smallest absolute Gasteiger partial charge is 0.205 e. The highest BCUT2D eigenvalue weighted by atomic mass is 32.2. The molecular weight excluding hydrogens is 330 g/mol. The minimum Gasteiger partial charge on any atom is -0.742 e. The fourth-order valence-electron chi connectivity index (χ4n) is 2.67. The lowest BCUT2D eigenvalue weighted by Gasteiger charge is -2.28. The predicted octanol–water partition coefficient (Wildman–Crippen LogP) is 1.83. The molecule has 0 fully saturated rings. The van der Waals surface area contributed by atoms with Gasteiger partial charge >= 0.3 is 0 Å². The second-order valence-electron chi connectivity index (χ2n) is 7.05. The molecule has 0 N–H and O–H groups in total. The van der Waals surface area contributed by atoms with Gasteiger partial charge in [0.05, 0.1) is 6.54 Å². The first-order chi connectivity index (χ1) is 11.1. The molecule has 1 aliphatic heterocycles. The minimum atomic E-state index is -4.55. The van der Waals surface area contributed by atoms with Crippen LogP contribution in [0.25, 0.3) is 0 Å². The van der Waals surface area contributed by atoms with Crippen molar-refractivity contribution in [3.63, 3.8) is 0 Å². The number of hydrogen-bond acceptors (Lipinski definition) is 7. The Bertz CT molecular complexity index is 852. The van der Waals surface area contributed by atoms with Crippen molar-refractivity contribution in [2.75, 3.05) is 6.54 Å². The molecule has 3 heterocycles. The summed E-state index contributed by atoms with van der Waals surface area (Å²) in [5, 5.41) is -0.534. The topological polar surface area (TPSA) is 99.4 Å². The third-order valence-corrected chi connectivity index (χ3v) is 4.66. The molecular formula is C16H20N3O4S-. The van der Waals surface area contributed by atoms with Gasteiger partial charge in [0.15, 0.2) is 10.1 Å². The van der Waals surface area contributed by atoms with Gasteiger partial charge in [-0.3, -0.25) is 4.90 Å². The second kappa shape index (κ2) is 5.94. The SMILES string of the molecule is CC(C)(C)c1ncc2c(n1)CCN(Cc1ccc(S(=O)(=O)[O-])o1)C2. The summed E-state index contributed by atoms with van der Waals surface area (Å²) < 4.78 is 37.9. The van der Waals surface area contributed by atoms with Crippen LogP contribution in [0.1, 0.15) is 43.6 Å². The molecule has 130 valence electrons. The molecule has 0 radical (unpaired) electrons. The highest BCUT2D eigenvalue weighted by Gasteiger charge is 2.23. The molecule has 8 heteroatoms. The van der Waals surface area contributed by atoms with E-state index in [-0.39, 0.29) is 5.41 Å². The van der Waals surface area contributed by atoms with E-state index in [9.17, 15) is 13.0 Å². The Kier molecular flexibility index (Phi) is 4.23. The molecule has 0 spiro atoms.